The van der Waals surface area contributed by atoms with Crippen LogP contribution in [-0.4, -0.2) is 9.97 Å². The monoisotopic (exact) mass is 342 g/mol. The average molecular weight is 344 g/mol. The molecule has 2 aromatic rings. The van der Waals surface area contributed by atoms with Crippen molar-refractivity contribution in [2.24, 2.45) is 0 Å². The Morgan fingerprint density at radius 2 is 1.95 bits per heavy atom. The third kappa shape index (κ3) is 2.79. The molecule has 0 radical (unpaired) electrons. The molecule has 0 atom stereocenters. The first-order valence-corrected chi connectivity index (χ1v) is 7.07. The van der Waals surface area contributed by atoms with E-state index in [1.54, 1.807) is 25.1 Å². The Balaban J connectivity index is 2.71. The first kappa shape index (κ1) is 14.4. The van der Waals surface area contributed by atoms with Crippen LogP contribution in [0, 0.1) is 12.7 Å². The van der Waals surface area contributed by atoms with Gasteiger partial charge in [-0.2, -0.15) is 0 Å². The number of halogens is 3. The van der Waals surface area contributed by atoms with Gasteiger partial charge in [0.2, 0.25) is 0 Å². The maximum atomic E-state index is 14.2. The summed E-state index contributed by atoms with van der Waals surface area (Å²) in [5, 5.41) is 0.369. The summed E-state index contributed by atoms with van der Waals surface area (Å²) >= 11 is 9.30. The van der Waals surface area contributed by atoms with Crippen LogP contribution in [0.5, 0.6) is 0 Å². The second-order valence-corrected chi connectivity index (χ2v) is 5.81. The lowest BCUT2D eigenvalue weighted by atomic mass is 10.1. The summed E-state index contributed by atoms with van der Waals surface area (Å²) in [7, 11) is 0. The van der Waals surface area contributed by atoms with E-state index in [9.17, 15) is 4.39 Å². The Kier molecular flexibility index (Phi) is 4.21. The third-order valence-corrected chi connectivity index (χ3v) is 3.81. The number of hydrogen-bond acceptors (Lipinski definition) is 2. The molecule has 5 heteroatoms. The Hall–Kier alpha value is -1.000. The summed E-state index contributed by atoms with van der Waals surface area (Å²) in [5.74, 6) is 0.409. The topological polar surface area (TPSA) is 25.8 Å². The molecule has 2 rings (SSSR count). The van der Waals surface area contributed by atoms with Crippen molar-refractivity contribution >= 4 is 27.5 Å². The maximum Gasteiger partial charge on any atom is 0.146 e. The normalized spacial score (nSPS) is 11.1. The molecule has 1 aromatic heterocycles. The van der Waals surface area contributed by atoms with Crippen molar-refractivity contribution in [3.05, 3.63) is 45.0 Å². The minimum absolute atomic E-state index is 0.132. The summed E-state index contributed by atoms with van der Waals surface area (Å²) < 4.78 is 14.6. The molecule has 0 aliphatic rings. The molecule has 19 heavy (non-hydrogen) atoms. The van der Waals surface area contributed by atoms with Gasteiger partial charge in [0.25, 0.3) is 0 Å². The van der Waals surface area contributed by atoms with Gasteiger partial charge in [0.05, 0.1) is 10.2 Å². The largest absolute Gasteiger partial charge is 0.232 e. The summed E-state index contributed by atoms with van der Waals surface area (Å²) in [6.07, 6.45) is 0. The Labute approximate surface area is 125 Å². The minimum Gasteiger partial charge on any atom is -0.232 e. The van der Waals surface area contributed by atoms with Crippen molar-refractivity contribution in [3.63, 3.8) is 0 Å². The molecule has 2 nitrogen and oxygen atoms in total. The van der Waals surface area contributed by atoms with E-state index >= 15 is 0 Å². The van der Waals surface area contributed by atoms with Gasteiger partial charge in [-0.1, -0.05) is 31.5 Å². The van der Waals surface area contributed by atoms with E-state index in [0.717, 1.165) is 0 Å². The highest BCUT2D eigenvalue weighted by Gasteiger charge is 2.17. The van der Waals surface area contributed by atoms with Gasteiger partial charge < -0.3 is 0 Å². The van der Waals surface area contributed by atoms with Crippen molar-refractivity contribution in [1.29, 1.82) is 0 Å². The number of aromatic nitrogens is 2. The Morgan fingerprint density at radius 3 is 2.58 bits per heavy atom. The standard InChI is InChI=1S/C14H13BrClFN2/c1-7(2)14-18-12(8(3)13(16)19-14)9-5-4-6-10(15)11(9)17/h4-7H,1-3H3. The van der Waals surface area contributed by atoms with Crippen LogP contribution in [0.1, 0.15) is 31.2 Å². The van der Waals surface area contributed by atoms with Crippen molar-refractivity contribution in [3.8, 4) is 11.3 Å². The van der Waals surface area contributed by atoms with Gasteiger partial charge in [0, 0.05) is 17.0 Å². The van der Waals surface area contributed by atoms with E-state index in [2.05, 4.69) is 25.9 Å². The first-order valence-electron chi connectivity index (χ1n) is 5.90. The molecule has 0 saturated carbocycles. The van der Waals surface area contributed by atoms with E-state index in [4.69, 9.17) is 11.6 Å². The fourth-order valence-electron chi connectivity index (χ4n) is 1.71. The SMILES string of the molecule is Cc1c(Cl)nc(C(C)C)nc1-c1cccc(Br)c1F. The molecule has 0 N–H and O–H groups in total. The number of benzene rings is 1. The minimum atomic E-state index is -0.338. The fraction of sp³-hybridized carbons (Fsp3) is 0.286. The van der Waals surface area contributed by atoms with Crippen molar-refractivity contribution in [2.75, 3.05) is 0 Å². The maximum absolute atomic E-state index is 14.2. The molecule has 0 fully saturated rings. The lowest BCUT2D eigenvalue weighted by molar-refractivity contribution is 0.623. The van der Waals surface area contributed by atoms with E-state index in [1.165, 1.54) is 0 Å². The summed E-state index contributed by atoms with van der Waals surface area (Å²) in [6.45, 7) is 5.74. The summed E-state index contributed by atoms with van der Waals surface area (Å²) in [4.78, 5) is 8.68. The highest BCUT2D eigenvalue weighted by atomic mass is 79.9. The quantitative estimate of drug-likeness (QED) is 0.706. The second kappa shape index (κ2) is 5.55. The van der Waals surface area contributed by atoms with Crippen LogP contribution in [0.25, 0.3) is 11.3 Å². The predicted molar refractivity (Wildman–Crippen MR) is 79.0 cm³/mol. The highest BCUT2D eigenvalue weighted by Crippen LogP contribution is 2.31. The fourth-order valence-corrected chi connectivity index (χ4v) is 2.25. The van der Waals surface area contributed by atoms with Crippen LogP contribution in [0.3, 0.4) is 0 Å². The zero-order valence-corrected chi connectivity index (χ0v) is 13.2. The molecular weight excluding hydrogens is 331 g/mol. The van der Waals surface area contributed by atoms with Crippen LogP contribution in [0.2, 0.25) is 5.15 Å². The van der Waals surface area contributed by atoms with Gasteiger partial charge in [0.1, 0.15) is 16.8 Å². The van der Waals surface area contributed by atoms with Gasteiger partial charge in [-0.15, -0.1) is 0 Å². The van der Waals surface area contributed by atoms with E-state index in [0.29, 0.717) is 32.3 Å². The summed E-state index contributed by atoms with van der Waals surface area (Å²) in [6, 6.07) is 5.11. The second-order valence-electron chi connectivity index (χ2n) is 4.60. The number of hydrogen-bond donors (Lipinski definition) is 0. The van der Waals surface area contributed by atoms with Crippen LogP contribution in [-0.2, 0) is 0 Å². The molecule has 0 aliphatic carbocycles. The smallest absolute Gasteiger partial charge is 0.146 e. The van der Waals surface area contributed by atoms with E-state index in [-0.39, 0.29) is 11.7 Å². The zero-order chi connectivity index (χ0) is 14.2. The van der Waals surface area contributed by atoms with Crippen molar-refractivity contribution in [1.82, 2.24) is 9.97 Å². The molecule has 0 spiro atoms. The Morgan fingerprint density at radius 1 is 1.26 bits per heavy atom. The van der Waals surface area contributed by atoms with Gasteiger partial charge in [-0.05, 0) is 35.0 Å². The van der Waals surface area contributed by atoms with Crippen molar-refractivity contribution in [2.45, 2.75) is 26.7 Å². The number of rotatable bonds is 2. The van der Waals surface area contributed by atoms with Crippen LogP contribution in [0.4, 0.5) is 4.39 Å². The molecule has 0 unspecified atom stereocenters. The molecular formula is C14H13BrClFN2. The van der Waals surface area contributed by atoms with Gasteiger partial charge in [-0.25, -0.2) is 14.4 Å². The lowest BCUT2D eigenvalue weighted by Gasteiger charge is -2.12. The molecule has 1 heterocycles. The van der Waals surface area contributed by atoms with Crippen LogP contribution >= 0.6 is 27.5 Å². The molecule has 100 valence electrons. The van der Waals surface area contributed by atoms with Crippen LogP contribution in [0.15, 0.2) is 22.7 Å². The van der Waals surface area contributed by atoms with Crippen molar-refractivity contribution < 1.29 is 4.39 Å². The van der Waals surface area contributed by atoms with E-state index < -0.39 is 0 Å². The molecule has 1 aromatic carbocycles. The lowest BCUT2D eigenvalue weighted by Crippen LogP contribution is -2.03. The molecule has 0 bridgehead atoms. The number of nitrogens with zero attached hydrogens (tertiary/aromatic N) is 2. The van der Waals surface area contributed by atoms with Gasteiger partial charge in [-0.3, -0.25) is 0 Å². The zero-order valence-electron chi connectivity index (χ0n) is 10.8. The van der Waals surface area contributed by atoms with E-state index in [1.807, 2.05) is 13.8 Å². The van der Waals surface area contributed by atoms with Gasteiger partial charge in [0.15, 0.2) is 0 Å². The third-order valence-electron chi connectivity index (χ3n) is 2.83. The van der Waals surface area contributed by atoms with Gasteiger partial charge >= 0.3 is 0 Å². The molecule has 0 amide bonds. The van der Waals surface area contributed by atoms with Crippen LogP contribution < -0.4 is 0 Å². The predicted octanol–water partition coefficient (Wildman–Crippen LogP) is 5.13. The molecule has 0 aliphatic heterocycles. The summed E-state index contributed by atoms with van der Waals surface area (Å²) in [5.41, 5.74) is 1.66. The molecule has 0 saturated heterocycles. The first-order chi connectivity index (χ1) is 8.91. The highest BCUT2D eigenvalue weighted by molar-refractivity contribution is 9.10. The average Bonchev–Trinajstić information content (AvgIpc) is 2.36. The Bertz CT molecular complexity index is 629.